The molecule has 4 nitrogen and oxygen atoms in total. The second kappa shape index (κ2) is 7.83. The standard InChI is InChI=1S/C19H26Cl2N2O2/c1-19(22-9-4-5-15(24)13-22)8-2-3-10-23(19)18(25)12-14-6-7-16(20)17(21)11-14/h6-7,11,15,24H,2-5,8-10,12-13H2,1H3. The van der Waals surface area contributed by atoms with Crippen LogP contribution in [0.25, 0.3) is 0 Å². The predicted molar refractivity (Wildman–Crippen MR) is 101 cm³/mol. The molecule has 2 aliphatic rings. The summed E-state index contributed by atoms with van der Waals surface area (Å²) in [5.41, 5.74) is 0.568. The van der Waals surface area contributed by atoms with Gasteiger partial charge in [0, 0.05) is 19.6 Å². The van der Waals surface area contributed by atoms with Crippen LogP contribution in [0.5, 0.6) is 0 Å². The van der Waals surface area contributed by atoms with Crippen molar-refractivity contribution in [1.29, 1.82) is 0 Å². The average Bonchev–Trinajstić information content (AvgIpc) is 2.58. The van der Waals surface area contributed by atoms with Gasteiger partial charge in [0.05, 0.1) is 28.2 Å². The zero-order chi connectivity index (χ0) is 18.0. The van der Waals surface area contributed by atoms with Gasteiger partial charge in [-0.1, -0.05) is 29.3 Å². The highest BCUT2D eigenvalue weighted by atomic mass is 35.5. The van der Waals surface area contributed by atoms with Gasteiger partial charge in [0.15, 0.2) is 0 Å². The Morgan fingerprint density at radius 1 is 1.24 bits per heavy atom. The number of hydrogen-bond donors (Lipinski definition) is 1. The highest BCUT2D eigenvalue weighted by Crippen LogP contribution is 2.34. The Morgan fingerprint density at radius 3 is 2.76 bits per heavy atom. The molecule has 2 fully saturated rings. The minimum atomic E-state index is -0.313. The molecule has 6 heteroatoms. The molecular weight excluding hydrogens is 359 g/mol. The molecule has 138 valence electrons. The second-order valence-corrected chi connectivity index (χ2v) is 8.20. The number of hydrogen-bond acceptors (Lipinski definition) is 3. The molecule has 25 heavy (non-hydrogen) atoms. The first-order valence-electron chi connectivity index (χ1n) is 9.07. The summed E-state index contributed by atoms with van der Waals surface area (Å²) < 4.78 is 0. The van der Waals surface area contributed by atoms with E-state index in [2.05, 4.69) is 11.8 Å². The maximum absolute atomic E-state index is 13.1. The van der Waals surface area contributed by atoms with Crippen LogP contribution in [0, 0.1) is 0 Å². The molecule has 1 aromatic carbocycles. The van der Waals surface area contributed by atoms with Crippen LogP contribution in [-0.2, 0) is 11.2 Å². The molecular formula is C19H26Cl2N2O2. The number of β-amino-alcohol motifs (C(OH)–C–C–N with tert-alkyl or cyclic N) is 1. The van der Waals surface area contributed by atoms with Gasteiger partial charge in [-0.2, -0.15) is 0 Å². The lowest BCUT2D eigenvalue weighted by molar-refractivity contribution is -0.155. The first-order chi connectivity index (χ1) is 11.9. The third kappa shape index (κ3) is 4.13. The molecule has 2 atom stereocenters. The summed E-state index contributed by atoms with van der Waals surface area (Å²) in [6.45, 7) is 4.50. The van der Waals surface area contributed by atoms with E-state index in [1.165, 1.54) is 0 Å². The number of benzene rings is 1. The van der Waals surface area contributed by atoms with E-state index in [0.29, 0.717) is 23.0 Å². The van der Waals surface area contributed by atoms with E-state index in [1.807, 2.05) is 11.0 Å². The van der Waals surface area contributed by atoms with Crippen molar-refractivity contribution < 1.29 is 9.90 Å². The number of carbonyl (C=O) groups excluding carboxylic acids is 1. The molecule has 2 aliphatic heterocycles. The average molecular weight is 385 g/mol. The van der Waals surface area contributed by atoms with E-state index in [9.17, 15) is 9.90 Å². The number of aliphatic hydroxyl groups is 1. The predicted octanol–water partition coefficient (Wildman–Crippen LogP) is 3.72. The number of piperidine rings is 2. The van der Waals surface area contributed by atoms with Crippen molar-refractivity contribution in [1.82, 2.24) is 9.80 Å². The molecule has 2 saturated heterocycles. The Balaban J connectivity index is 1.77. The molecule has 1 N–H and O–H groups in total. The molecule has 0 aromatic heterocycles. The van der Waals surface area contributed by atoms with Gasteiger partial charge in [0.2, 0.25) is 5.91 Å². The number of rotatable bonds is 3. The molecule has 2 unspecified atom stereocenters. The summed E-state index contributed by atoms with van der Waals surface area (Å²) in [5, 5.41) is 11.1. The Kier molecular flexibility index (Phi) is 5.94. The van der Waals surface area contributed by atoms with E-state index in [-0.39, 0.29) is 17.7 Å². The van der Waals surface area contributed by atoms with Crippen molar-refractivity contribution in [3.05, 3.63) is 33.8 Å². The molecule has 0 radical (unpaired) electrons. The summed E-state index contributed by atoms with van der Waals surface area (Å²) >= 11 is 12.1. The fraction of sp³-hybridized carbons (Fsp3) is 0.632. The Labute approximate surface area is 159 Å². The van der Waals surface area contributed by atoms with E-state index >= 15 is 0 Å². The number of carbonyl (C=O) groups is 1. The van der Waals surface area contributed by atoms with Gasteiger partial charge in [-0.05, 0) is 56.7 Å². The van der Waals surface area contributed by atoms with Crippen molar-refractivity contribution in [2.24, 2.45) is 0 Å². The number of likely N-dealkylation sites (tertiary alicyclic amines) is 2. The van der Waals surface area contributed by atoms with Gasteiger partial charge in [-0.25, -0.2) is 0 Å². The summed E-state index contributed by atoms with van der Waals surface area (Å²) in [7, 11) is 0. The Bertz CT molecular complexity index is 640. The van der Waals surface area contributed by atoms with Crippen LogP contribution in [0.1, 0.15) is 44.6 Å². The van der Waals surface area contributed by atoms with E-state index in [4.69, 9.17) is 23.2 Å². The van der Waals surface area contributed by atoms with Crippen molar-refractivity contribution in [2.75, 3.05) is 19.6 Å². The SMILES string of the molecule is CC1(N2CCCC(O)C2)CCCCN1C(=O)Cc1ccc(Cl)c(Cl)c1. The lowest BCUT2D eigenvalue weighted by atomic mass is 9.91. The molecule has 3 rings (SSSR count). The third-order valence-electron chi connectivity index (χ3n) is 5.58. The first-order valence-corrected chi connectivity index (χ1v) is 9.83. The normalized spacial score (nSPS) is 28.2. The quantitative estimate of drug-likeness (QED) is 0.863. The number of amides is 1. The van der Waals surface area contributed by atoms with Crippen molar-refractivity contribution in [3.8, 4) is 0 Å². The maximum Gasteiger partial charge on any atom is 0.228 e. The largest absolute Gasteiger partial charge is 0.392 e. The molecule has 1 aromatic rings. The highest BCUT2D eigenvalue weighted by Gasteiger charge is 2.43. The lowest BCUT2D eigenvalue weighted by Gasteiger charge is -2.53. The lowest BCUT2D eigenvalue weighted by Crippen LogP contribution is -2.65. The summed E-state index contributed by atoms with van der Waals surface area (Å²) in [4.78, 5) is 17.4. The molecule has 0 bridgehead atoms. The van der Waals surface area contributed by atoms with Gasteiger partial charge < -0.3 is 10.0 Å². The summed E-state index contributed by atoms with van der Waals surface area (Å²) in [6, 6.07) is 5.37. The van der Waals surface area contributed by atoms with Gasteiger partial charge in [0.25, 0.3) is 0 Å². The molecule has 0 saturated carbocycles. The first kappa shape index (κ1) is 19.0. The van der Waals surface area contributed by atoms with Crippen molar-refractivity contribution >= 4 is 29.1 Å². The van der Waals surface area contributed by atoms with E-state index in [1.54, 1.807) is 12.1 Å². The van der Waals surface area contributed by atoms with Gasteiger partial charge in [0.1, 0.15) is 0 Å². The zero-order valence-electron chi connectivity index (χ0n) is 14.7. The fourth-order valence-electron chi connectivity index (χ4n) is 4.14. The van der Waals surface area contributed by atoms with E-state index < -0.39 is 0 Å². The topological polar surface area (TPSA) is 43.8 Å². The van der Waals surface area contributed by atoms with Crippen LogP contribution in [0.2, 0.25) is 10.0 Å². The Morgan fingerprint density at radius 2 is 2.04 bits per heavy atom. The summed E-state index contributed by atoms with van der Waals surface area (Å²) in [6.07, 6.45) is 4.95. The summed E-state index contributed by atoms with van der Waals surface area (Å²) in [5.74, 6) is 0.112. The molecule has 1 amide bonds. The third-order valence-corrected chi connectivity index (χ3v) is 6.32. The fourth-order valence-corrected chi connectivity index (χ4v) is 4.46. The van der Waals surface area contributed by atoms with Gasteiger partial charge >= 0.3 is 0 Å². The minimum Gasteiger partial charge on any atom is -0.392 e. The maximum atomic E-state index is 13.1. The molecule has 0 aliphatic carbocycles. The van der Waals surface area contributed by atoms with Crippen LogP contribution < -0.4 is 0 Å². The number of halogens is 2. The van der Waals surface area contributed by atoms with Crippen molar-refractivity contribution in [2.45, 2.75) is 57.2 Å². The van der Waals surface area contributed by atoms with Crippen LogP contribution in [0.3, 0.4) is 0 Å². The van der Waals surface area contributed by atoms with Crippen LogP contribution in [-0.4, -0.2) is 52.2 Å². The van der Waals surface area contributed by atoms with Crippen LogP contribution in [0.4, 0.5) is 0 Å². The van der Waals surface area contributed by atoms with Crippen LogP contribution in [0.15, 0.2) is 18.2 Å². The number of nitrogens with zero attached hydrogens (tertiary/aromatic N) is 2. The van der Waals surface area contributed by atoms with Crippen LogP contribution >= 0.6 is 23.2 Å². The smallest absolute Gasteiger partial charge is 0.228 e. The van der Waals surface area contributed by atoms with Gasteiger partial charge in [-0.15, -0.1) is 0 Å². The second-order valence-electron chi connectivity index (χ2n) is 7.39. The Hall–Kier alpha value is -0.810. The van der Waals surface area contributed by atoms with Gasteiger partial charge in [-0.3, -0.25) is 9.69 Å². The number of aliphatic hydroxyl groups excluding tert-OH is 1. The molecule has 0 spiro atoms. The highest BCUT2D eigenvalue weighted by molar-refractivity contribution is 6.42. The zero-order valence-corrected chi connectivity index (χ0v) is 16.2. The van der Waals surface area contributed by atoms with E-state index in [0.717, 1.165) is 50.8 Å². The molecule has 2 heterocycles. The monoisotopic (exact) mass is 384 g/mol. The van der Waals surface area contributed by atoms with Crippen molar-refractivity contribution in [3.63, 3.8) is 0 Å². The minimum absolute atomic E-state index is 0.112.